The van der Waals surface area contributed by atoms with Crippen molar-refractivity contribution in [1.29, 1.82) is 0 Å². The van der Waals surface area contributed by atoms with Gasteiger partial charge in [-0.1, -0.05) is 19.8 Å². The number of nitrogens with zero attached hydrogens (tertiary/aromatic N) is 1. The highest BCUT2D eigenvalue weighted by Gasteiger charge is 2.30. The van der Waals surface area contributed by atoms with Crippen LogP contribution in [-0.4, -0.2) is 41.9 Å². The lowest BCUT2D eigenvalue weighted by atomic mass is 9.94. The molecule has 0 radical (unpaired) electrons. The summed E-state index contributed by atoms with van der Waals surface area (Å²) in [6, 6.07) is 0.298. The monoisotopic (exact) mass is 253 g/mol. The molecule has 1 saturated heterocycles. The van der Waals surface area contributed by atoms with Gasteiger partial charge in [-0.3, -0.25) is 9.59 Å². The lowest BCUT2D eigenvalue weighted by Crippen LogP contribution is -2.53. The van der Waals surface area contributed by atoms with E-state index in [1.807, 2.05) is 6.92 Å². The van der Waals surface area contributed by atoms with Gasteiger partial charge in [0, 0.05) is 25.0 Å². The minimum absolute atomic E-state index is 0.0121. The van der Waals surface area contributed by atoms with Gasteiger partial charge in [0.05, 0.1) is 6.54 Å². The number of piperidine rings is 1. The first-order chi connectivity index (χ1) is 8.56. The molecule has 2 fully saturated rings. The SMILES string of the molecule is CC1CC(=O)N(CC(=O)NC2CCCC2)CC1N. The van der Waals surface area contributed by atoms with Crippen LogP contribution in [0.25, 0.3) is 0 Å². The second-order valence-electron chi connectivity index (χ2n) is 5.67. The maximum absolute atomic E-state index is 11.9. The maximum Gasteiger partial charge on any atom is 0.239 e. The van der Waals surface area contributed by atoms with Crippen LogP contribution >= 0.6 is 0 Å². The number of nitrogens with two attached hydrogens (primary N) is 1. The van der Waals surface area contributed by atoms with Gasteiger partial charge in [0.1, 0.15) is 0 Å². The predicted octanol–water partition coefficient (Wildman–Crippen LogP) is 0.241. The molecule has 1 aliphatic carbocycles. The molecule has 2 amide bonds. The molecule has 0 aromatic heterocycles. The highest BCUT2D eigenvalue weighted by molar-refractivity contribution is 5.85. The number of likely N-dealkylation sites (tertiary alicyclic amines) is 1. The van der Waals surface area contributed by atoms with Crippen LogP contribution < -0.4 is 11.1 Å². The van der Waals surface area contributed by atoms with Gasteiger partial charge < -0.3 is 16.0 Å². The summed E-state index contributed by atoms with van der Waals surface area (Å²) >= 11 is 0. The predicted molar refractivity (Wildman–Crippen MR) is 68.7 cm³/mol. The normalized spacial score (nSPS) is 29.7. The quantitative estimate of drug-likeness (QED) is 0.756. The Bertz CT molecular complexity index is 326. The molecule has 0 aromatic carbocycles. The van der Waals surface area contributed by atoms with E-state index in [0.29, 0.717) is 19.0 Å². The summed E-state index contributed by atoms with van der Waals surface area (Å²) in [7, 11) is 0. The third kappa shape index (κ3) is 3.22. The van der Waals surface area contributed by atoms with Crippen molar-refractivity contribution in [2.45, 2.75) is 51.1 Å². The van der Waals surface area contributed by atoms with Crippen molar-refractivity contribution in [3.05, 3.63) is 0 Å². The van der Waals surface area contributed by atoms with Gasteiger partial charge >= 0.3 is 0 Å². The second-order valence-corrected chi connectivity index (χ2v) is 5.67. The standard InChI is InChI=1S/C13H23N3O2/c1-9-6-13(18)16(7-11(9)14)8-12(17)15-10-4-2-3-5-10/h9-11H,2-8,14H2,1H3,(H,15,17). The van der Waals surface area contributed by atoms with E-state index in [1.165, 1.54) is 12.8 Å². The van der Waals surface area contributed by atoms with E-state index >= 15 is 0 Å². The van der Waals surface area contributed by atoms with Gasteiger partial charge in [-0.15, -0.1) is 0 Å². The number of hydrogen-bond acceptors (Lipinski definition) is 3. The summed E-state index contributed by atoms with van der Waals surface area (Å²) in [5, 5.41) is 3.00. The van der Waals surface area contributed by atoms with Crippen molar-refractivity contribution in [3.8, 4) is 0 Å². The molecule has 3 N–H and O–H groups in total. The molecular formula is C13H23N3O2. The molecule has 1 aliphatic heterocycles. The lowest BCUT2D eigenvalue weighted by molar-refractivity contribution is -0.139. The molecule has 0 bridgehead atoms. The van der Waals surface area contributed by atoms with Crippen LogP contribution in [0.2, 0.25) is 0 Å². The van der Waals surface area contributed by atoms with Gasteiger partial charge in [-0.05, 0) is 18.8 Å². The molecule has 0 aromatic rings. The molecule has 2 unspecified atom stereocenters. The Kier molecular flexibility index (Phi) is 4.22. The number of carbonyl (C=O) groups excluding carboxylic acids is 2. The van der Waals surface area contributed by atoms with E-state index in [4.69, 9.17) is 5.73 Å². The Labute approximate surface area is 108 Å². The average molecular weight is 253 g/mol. The highest BCUT2D eigenvalue weighted by Crippen LogP contribution is 2.18. The van der Waals surface area contributed by atoms with Crippen molar-refractivity contribution in [3.63, 3.8) is 0 Å². The largest absolute Gasteiger partial charge is 0.352 e. The maximum atomic E-state index is 11.9. The van der Waals surface area contributed by atoms with E-state index < -0.39 is 0 Å². The zero-order valence-electron chi connectivity index (χ0n) is 11.0. The first-order valence-corrected chi connectivity index (χ1v) is 6.89. The number of carbonyl (C=O) groups is 2. The van der Waals surface area contributed by atoms with Gasteiger partial charge in [0.15, 0.2) is 0 Å². The average Bonchev–Trinajstić information content (AvgIpc) is 2.78. The van der Waals surface area contributed by atoms with Gasteiger partial charge in [-0.25, -0.2) is 0 Å². The van der Waals surface area contributed by atoms with Crippen LogP contribution in [0.5, 0.6) is 0 Å². The Hall–Kier alpha value is -1.10. The molecule has 1 heterocycles. The van der Waals surface area contributed by atoms with Crippen molar-refractivity contribution in [1.82, 2.24) is 10.2 Å². The minimum Gasteiger partial charge on any atom is -0.352 e. The molecule has 0 spiro atoms. The fraction of sp³-hybridized carbons (Fsp3) is 0.846. The zero-order valence-corrected chi connectivity index (χ0v) is 11.0. The first kappa shape index (κ1) is 13.3. The summed E-state index contributed by atoms with van der Waals surface area (Å²) in [4.78, 5) is 25.3. The van der Waals surface area contributed by atoms with Crippen LogP contribution in [0.4, 0.5) is 0 Å². The third-order valence-corrected chi connectivity index (χ3v) is 4.07. The molecule has 18 heavy (non-hydrogen) atoms. The van der Waals surface area contributed by atoms with E-state index in [0.717, 1.165) is 12.8 Å². The summed E-state index contributed by atoms with van der Waals surface area (Å²) in [5.41, 5.74) is 5.94. The third-order valence-electron chi connectivity index (χ3n) is 4.07. The summed E-state index contributed by atoms with van der Waals surface area (Å²) in [6.45, 7) is 2.65. The van der Waals surface area contributed by atoms with Crippen molar-refractivity contribution < 1.29 is 9.59 Å². The van der Waals surface area contributed by atoms with E-state index in [1.54, 1.807) is 4.90 Å². The zero-order chi connectivity index (χ0) is 13.1. The van der Waals surface area contributed by atoms with Crippen LogP contribution in [0.15, 0.2) is 0 Å². The Morgan fingerprint density at radius 3 is 2.78 bits per heavy atom. The van der Waals surface area contributed by atoms with Crippen molar-refractivity contribution >= 4 is 11.8 Å². The molecule has 1 saturated carbocycles. The Balaban J connectivity index is 1.80. The Morgan fingerprint density at radius 1 is 1.44 bits per heavy atom. The van der Waals surface area contributed by atoms with E-state index in [-0.39, 0.29) is 30.3 Å². The first-order valence-electron chi connectivity index (χ1n) is 6.89. The second kappa shape index (κ2) is 5.69. The number of hydrogen-bond donors (Lipinski definition) is 2. The van der Waals surface area contributed by atoms with Crippen LogP contribution in [-0.2, 0) is 9.59 Å². The molecule has 102 valence electrons. The van der Waals surface area contributed by atoms with Crippen molar-refractivity contribution in [2.75, 3.05) is 13.1 Å². The summed E-state index contributed by atoms with van der Waals surface area (Å²) in [5.74, 6) is 0.217. The molecule has 2 rings (SSSR count). The molecule has 5 nitrogen and oxygen atoms in total. The number of rotatable bonds is 3. The Morgan fingerprint density at radius 2 is 2.11 bits per heavy atom. The molecule has 2 aliphatic rings. The van der Waals surface area contributed by atoms with E-state index in [9.17, 15) is 9.59 Å². The number of nitrogens with one attached hydrogen (secondary N) is 1. The minimum atomic E-state index is -0.0444. The van der Waals surface area contributed by atoms with Crippen LogP contribution in [0.3, 0.4) is 0 Å². The van der Waals surface area contributed by atoms with Crippen molar-refractivity contribution in [2.24, 2.45) is 11.7 Å². The molecule has 2 atom stereocenters. The summed E-state index contributed by atoms with van der Waals surface area (Å²) < 4.78 is 0. The van der Waals surface area contributed by atoms with Crippen LogP contribution in [0.1, 0.15) is 39.0 Å². The van der Waals surface area contributed by atoms with Gasteiger partial charge in [0.25, 0.3) is 0 Å². The highest BCUT2D eigenvalue weighted by atomic mass is 16.2. The van der Waals surface area contributed by atoms with Crippen LogP contribution in [0, 0.1) is 5.92 Å². The fourth-order valence-corrected chi connectivity index (χ4v) is 2.76. The molecular weight excluding hydrogens is 230 g/mol. The summed E-state index contributed by atoms with van der Waals surface area (Å²) in [6.07, 6.45) is 4.97. The number of amides is 2. The molecule has 5 heteroatoms. The topological polar surface area (TPSA) is 75.4 Å². The van der Waals surface area contributed by atoms with E-state index in [2.05, 4.69) is 5.32 Å². The smallest absolute Gasteiger partial charge is 0.239 e. The lowest BCUT2D eigenvalue weighted by Gasteiger charge is -2.34. The van der Waals surface area contributed by atoms with Gasteiger partial charge in [0.2, 0.25) is 11.8 Å². The van der Waals surface area contributed by atoms with Gasteiger partial charge in [-0.2, -0.15) is 0 Å². The fourth-order valence-electron chi connectivity index (χ4n) is 2.76.